The number of hydrogen-bond donors (Lipinski definition) is 2. The van der Waals surface area contributed by atoms with E-state index in [1.54, 1.807) is 26.0 Å². The van der Waals surface area contributed by atoms with Gasteiger partial charge in [-0.15, -0.1) is 0 Å². The first kappa shape index (κ1) is 13.6. The summed E-state index contributed by atoms with van der Waals surface area (Å²) in [6.45, 7) is 3.35. The van der Waals surface area contributed by atoms with Gasteiger partial charge in [-0.25, -0.2) is 8.78 Å². The molecule has 0 aliphatic carbocycles. The maximum Gasteiger partial charge on any atom is 0.152 e. The molecule has 100 valence electrons. The molecule has 0 aromatic heterocycles. The fourth-order valence-corrected chi connectivity index (χ4v) is 1.91. The van der Waals surface area contributed by atoms with Crippen molar-refractivity contribution in [2.75, 3.05) is 11.1 Å². The summed E-state index contributed by atoms with van der Waals surface area (Å²) in [4.78, 5) is 0. The van der Waals surface area contributed by atoms with Crippen molar-refractivity contribution in [2.24, 2.45) is 0 Å². The molecule has 0 saturated heterocycles. The van der Waals surface area contributed by atoms with Crippen molar-refractivity contribution >= 4 is 28.7 Å². The zero-order valence-electron chi connectivity index (χ0n) is 10.5. The second-order valence-corrected chi connectivity index (χ2v) is 4.77. The molecule has 0 aliphatic rings. The highest BCUT2D eigenvalue weighted by molar-refractivity contribution is 6.33. The number of rotatable bonds is 2. The number of hydrogen-bond acceptors (Lipinski definition) is 2. The topological polar surface area (TPSA) is 38.0 Å². The molecule has 5 heteroatoms. The summed E-state index contributed by atoms with van der Waals surface area (Å²) in [5.41, 5.74) is 7.53. The highest BCUT2D eigenvalue weighted by Crippen LogP contribution is 2.31. The summed E-state index contributed by atoms with van der Waals surface area (Å²) < 4.78 is 27.6. The molecule has 0 spiro atoms. The van der Waals surface area contributed by atoms with E-state index in [4.69, 9.17) is 17.3 Å². The average molecular weight is 283 g/mol. The van der Waals surface area contributed by atoms with E-state index in [1.807, 2.05) is 0 Å². The molecule has 2 aromatic rings. The summed E-state index contributed by atoms with van der Waals surface area (Å²) in [7, 11) is 0. The van der Waals surface area contributed by atoms with Gasteiger partial charge >= 0.3 is 0 Å². The van der Waals surface area contributed by atoms with Crippen molar-refractivity contribution in [1.82, 2.24) is 0 Å². The van der Waals surface area contributed by atoms with E-state index in [-0.39, 0.29) is 5.69 Å². The molecule has 2 rings (SSSR count). The zero-order valence-corrected chi connectivity index (χ0v) is 11.3. The predicted molar refractivity (Wildman–Crippen MR) is 75.0 cm³/mol. The van der Waals surface area contributed by atoms with Crippen LogP contribution in [0.1, 0.15) is 11.1 Å². The monoisotopic (exact) mass is 282 g/mol. The quantitative estimate of drug-likeness (QED) is 0.792. The molecule has 19 heavy (non-hydrogen) atoms. The van der Waals surface area contributed by atoms with Gasteiger partial charge in [0, 0.05) is 5.69 Å². The number of halogens is 3. The molecular weight excluding hydrogens is 270 g/mol. The summed E-state index contributed by atoms with van der Waals surface area (Å²) in [6, 6.07) is 5.80. The predicted octanol–water partition coefficient (Wildman–Crippen LogP) is 4.56. The zero-order chi connectivity index (χ0) is 14.2. The molecule has 2 nitrogen and oxygen atoms in total. The lowest BCUT2D eigenvalue weighted by Gasteiger charge is -2.13. The lowest BCUT2D eigenvalue weighted by molar-refractivity contribution is 0.585. The second kappa shape index (κ2) is 5.05. The van der Waals surface area contributed by atoms with Gasteiger partial charge in [0.2, 0.25) is 0 Å². The third-order valence-corrected chi connectivity index (χ3v) is 3.21. The largest absolute Gasteiger partial charge is 0.398 e. The number of benzene rings is 2. The van der Waals surface area contributed by atoms with Crippen molar-refractivity contribution in [2.45, 2.75) is 13.8 Å². The van der Waals surface area contributed by atoms with E-state index < -0.39 is 11.6 Å². The van der Waals surface area contributed by atoms with Crippen LogP contribution in [-0.4, -0.2) is 0 Å². The fraction of sp³-hybridized carbons (Fsp3) is 0.143. The van der Waals surface area contributed by atoms with E-state index >= 15 is 0 Å². The van der Waals surface area contributed by atoms with Crippen molar-refractivity contribution in [3.63, 3.8) is 0 Å². The third kappa shape index (κ3) is 2.63. The Labute approximate surface area is 115 Å². The first-order valence-electron chi connectivity index (χ1n) is 5.67. The number of nitrogen functional groups attached to an aromatic ring is 1. The van der Waals surface area contributed by atoms with Crippen LogP contribution in [-0.2, 0) is 0 Å². The Bertz CT molecular complexity index is 642. The lowest BCUT2D eigenvalue weighted by Crippen LogP contribution is -2.01. The van der Waals surface area contributed by atoms with Crippen LogP contribution >= 0.6 is 11.6 Å². The van der Waals surface area contributed by atoms with Crippen LogP contribution in [0.4, 0.5) is 25.8 Å². The van der Waals surface area contributed by atoms with Crippen LogP contribution in [0.15, 0.2) is 24.3 Å². The fourth-order valence-electron chi connectivity index (χ4n) is 1.74. The van der Waals surface area contributed by atoms with Gasteiger partial charge in [-0.05, 0) is 43.2 Å². The Hall–Kier alpha value is -1.81. The van der Waals surface area contributed by atoms with Gasteiger partial charge in [-0.3, -0.25) is 0 Å². The van der Waals surface area contributed by atoms with E-state index in [1.165, 1.54) is 12.1 Å². The molecule has 2 aromatic carbocycles. The average Bonchev–Trinajstić information content (AvgIpc) is 2.36. The number of aryl methyl sites for hydroxylation is 2. The smallest absolute Gasteiger partial charge is 0.152 e. The van der Waals surface area contributed by atoms with Gasteiger partial charge in [0.25, 0.3) is 0 Å². The van der Waals surface area contributed by atoms with Crippen molar-refractivity contribution in [1.29, 1.82) is 0 Å². The SMILES string of the molecule is Cc1cc(N)c(Cl)cc1Nc1c(F)ccc(C)c1F. The minimum atomic E-state index is -0.657. The van der Waals surface area contributed by atoms with E-state index in [0.717, 1.165) is 5.56 Å². The normalized spacial score (nSPS) is 10.6. The highest BCUT2D eigenvalue weighted by Gasteiger charge is 2.13. The van der Waals surface area contributed by atoms with E-state index in [2.05, 4.69) is 5.32 Å². The summed E-state index contributed by atoms with van der Waals surface area (Å²) in [5, 5.41) is 3.06. The Morgan fingerprint density at radius 3 is 2.47 bits per heavy atom. The Kier molecular flexibility index (Phi) is 3.62. The van der Waals surface area contributed by atoms with Gasteiger partial charge in [-0.2, -0.15) is 0 Å². The van der Waals surface area contributed by atoms with Crippen LogP contribution in [0.2, 0.25) is 5.02 Å². The van der Waals surface area contributed by atoms with Crippen molar-refractivity contribution in [3.8, 4) is 0 Å². The summed E-state index contributed by atoms with van der Waals surface area (Å²) in [5.74, 6) is -1.28. The highest BCUT2D eigenvalue weighted by atomic mass is 35.5. The molecule has 0 amide bonds. The standard InChI is InChI=1S/C14H13ClF2N2/c1-7-3-4-10(16)14(13(7)17)19-12-6-9(15)11(18)5-8(12)2/h3-6,19H,18H2,1-2H3. The lowest BCUT2D eigenvalue weighted by atomic mass is 10.1. The maximum absolute atomic E-state index is 13.9. The van der Waals surface area contributed by atoms with Crippen LogP contribution in [0, 0.1) is 25.5 Å². The second-order valence-electron chi connectivity index (χ2n) is 4.37. The summed E-state index contributed by atoms with van der Waals surface area (Å²) >= 11 is 5.91. The minimum Gasteiger partial charge on any atom is -0.398 e. The summed E-state index contributed by atoms with van der Waals surface area (Å²) in [6.07, 6.45) is 0. The molecule has 0 heterocycles. The molecule has 3 N–H and O–H groups in total. The molecule has 0 bridgehead atoms. The Morgan fingerprint density at radius 1 is 1.11 bits per heavy atom. The number of nitrogens with two attached hydrogens (primary N) is 1. The first-order chi connectivity index (χ1) is 8.90. The van der Waals surface area contributed by atoms with Crippen LogP contribution in [0.5, 0.6) is 0 Å². The molecule has 0 aliphatic heterocycles. The molecule has 0 fully saturated rings. The van der Waals surface area contributed by atoms with Crippen LogP contribution < -0.4 is 11.1 Å². The number of anilines is 3. The maximum atomic E-state index is 13.9. The van der Waals surface area contributed by atoms with Crippen LogP contribution in [0.3, 0.4) is 0 Å². The van der Waals surface area contributed by atoms with Gasteiger partial charge in [-0.1, -0.05) is 17.7 Å². The minimum absolute atomic E-state index is 0.191. The van der Waals surface area contributed by atoms with Crippen molar-refractivity contribution < 1.29 is 8.78 Å². The van der Waals surface area contributed by atoms with E-state index in [0.29, 0.717) is 22.0 Å². The first-order valence-corrected chi connectivity index (χ1v) is 6.05. The Balaban J connectivity index is 2.48. The number of nitrogens with one attached hydrogen (secondary N) is 1. The van der Waals surface area contributed by atoms with Gasteiger partial charge < -0.3 is 11.1 Å². The molecule has 0 unspecified atom stereocenters. The van der Waals surface area contributed by atoms with Gasteiger partial charge in [0.05, 0.1) is 10.7 Å². The van der Waals surface area contributed by atoms with Crippen molar-refractivity contribution in [3.05, 3.63) is 52.0 Å². The Morgan fingerprint density at radius 2 is 1.79 bits per heavy atom. The molecule has 0 saturated carbocycles. The molecular formula is C14H13ClF2N2. The molecule has 0 atom stereocenters. The van der Waals surface area contributed by atoms with E-state index in [9.17, 15) is 8.78 Å². The third-order valence-electron chi connectivity index (χ3n) is 2.89. The van der Waals surface area contributed by atoms with Gasteiger partial charge in [0.15, 0.2) is 5.82 Å². The molecule has 0 radical (unpaired) electrons. The van der Waals surface area contributed by atoms with Crippen LogP contribution in [0.25, 0.3) is 0 Å². The van der Waals surface area contributed by atoms with Gasteiger partial charge in [0.1, 0.15) is 11.5 Å².